The highest BCUT2D eigenvalue weighted by Gasteiger charge is 2.30. The summed E-state index contributed by atoms with van der Waals surface area (Å²) in [5, 5.41) is 0. The first-order valence-corrected chi connectivity index (χ1v) is 7.67. The average molecular weight is 310 g/mol. The molecule has 0 aliphatic carbocycles. The first-order chi connectivity index (χ1) is 10.5. The minimum atomic E-state index is -0.402. The Hall–Kier alpha value is -1.98. The summed E-state index contributed by atoms with van der Waals surface area (Å²) in [7, 11) is 0. The summed E-state index contributed by atoms with van der Waals surface area (Å²) in [6.07, 6.45) is 10.4. The topological polar surface area (TPSA) is 86.7 Å². The van der Waals surface area contributed by atoms with Gasteiger partial charge in [0, 0.05) is 0 Å². The molecule has 2 heterocycles. The van der Waals surface area contributed by atoms with Crippen molar-refractivity contribution in [2.75, 3.05) is 0 Å². The quantitative estimate of drug-likeness (QED) is 0.324. The molecular formula is C16H22O6. The summed E-state index contributed by atoms with van der Waals surface area (Å²) < 4.78 is 8.52. The Balaban J connectivity index is 0.000000287. The van der Waals surface area contributed by atoms with Gasteiger partial charge in [-0.25, -0.2) is 0 Å². The van der Waals surface area contributed by atoms with E-state index in [4.69, 9.17) is 0 Å². The van der Waals surface area contributed by atoms with Crippen LogP contribution in [-0.2, 0) is 28.7 Å². The molecule has 122 valence electrons. The van der Waals surface area contributed by atoms with Crippen molar-refractivity contribution in [2.24, 2.45) is 5.92 Å². The molecule has 2 rings (SSSR count). The lowest BCUT2D eigenvalue weighted by Gasteiger charge is -1.96. The molecule has 0 saturated carbocycles. The highest BCUT2D eigenvalue weighted by molar-refractivity contribution is 5.95. The average Bonchev–Trinajstić information content (AvgIpc) is 2.99. The molecule has 2 saturated heterocycles. The Labute approximate surface area is 129 Å². The van der Waals surface area contributed by atoms with E-state index < -0.39 is 23.9 Å². The molecule has 0 radical (unpaired) electrons. The number of esters is 4. The number of ether oxygens (including phenoxy) is 2. The van der Waals surface area contributed by atoms with Crippen LogP contribution in [0.25, 0.3) is 0 Å². The lowest BCUT2D eigenvalue weighted by atomic mass is 10.1. The Morgan fingerprint density at radius 2 is 1.64 bits per heavy atom. The maximum Gasteiger partial charge on any atom is 0.321 e. The molecule has 0 aromatic heterocycles. The first-order valence-electron chi connectivity index (χ1n) is 7.67. The molecule has 2 fully saturated rings. The summed E-state index contributed by atoms with van der Waals surface area (Å²) in [4.78, 5) is 41.8. The van der Waals surface area contributed by atoms with E-state index in [0.717, 1.165) is 12.8 Å². The summed E-state index contributed by atoms with van der Waals surface area (Å²) in [6.45, 7) is 2.18. The largest absolute Gasteiger partial charge is 0.393 e. The van der Waals surface area contributed by atoms with Gasteiger partial charge in [0.05, 0.1) is 25.2 Å². The maximum atomic E-state index is 11.1. The molecule has 6 nitrogen and oxygen atoms in total. The number of allylic oxidation sites excluding steroid dienone is 1. The molecular weight excluding hydrogens is 288 g/mol. The van der Waals surface area contributed by atoms with Crippen molar-refractivity contribution in [1.29, 1.82) is 0 Å². The van der Waals surface area contributed by atoms with E-state index in [1.165, 1.54) is 19.3 Å². The standard InChI is InChI=1S/C12H18O3.C4H4O3/c1-2-3-4-5-6-7-8-10-9-11(13)15-12(10)14;5-3-1-2-4(6)7-3/h7-8,10H,2-6,9H2,1H3;1-2H2. The zero-order valence-electron chi connectivity index (χ0n) is 12.8. The number of hydrogen-bond donors (Lipinski definition) is 0. The first kappa shape index (κ1) is 18.1. The molecule has 0 aromatic carbocycles. The summed E-state index contributed by atoms with van der Waals surface area (Å²) >= 11 is 0. The van der Waals surface area contributed by atoms with Crippen LogP contribution in [0, 0.1) is 5.92 Å². The van der Waals surface area contributed by atoms with Crippen molar-refractivity contribution < 1.29 is 28.7 Å². The Kier molecular flexibility index (Phi) is 8.10. The summed E-state index contributed by atoms with van der Waals surface area (Å²) in [6, 6.07) is 0. The van der Waals surface area contributed by atoms with Gasteiger partial charge in [-0.15, -0.1) is 0 Å². The van der Waals surface area contributed by atoms with Crippen LogP contribution >= 0.6 is 0 Å². The van der Waals surface area contributed by atoms with Gasteiger partial charge in [0.2, 0.25) is 0 Å². The van der Waals surface area contributed by atoms with Crippen LogP contribution in [0.3, 0.4) is 0 Å². The third-order valence-corrected chi connectivity index (χ3v) is 3.26. The van der Waals surface area contributed by atoms with Crippen LogP contribution in [0.15, 0.2) is 12.2 Å². The molecule has 0 bridgehead atoms. The van der Waals surface area contributed by atoms with Crippen LogP contribution < -0.4 is 0 Å². The molecule has 0 N–H and O–H groups in total. The van der Waals surface area contributed by atoms with Crippen molar-refractivity contribution in [3.05, 3.63) is 12.2 Å². The number of unbranched alkanes of at least 4 members (excludes halogenated alkanes) is 4. The van der Waals surface area contributed by atoms with Crippen molar-refractivity contribution in [2.45, 2.75) is 58.3 Å². The van der Waals surface area contributed by atoms with E-state index in [9.17, 15) is 19.2 Å². The Morgan fingerprint density at radius 3 is 2.09 bits per heavy atom. The fourth-order valence-electron chi connectivity index (χ4n) is 2.02. The maximum absolute atomic E-state index is 11.1. The zero-order valence-corrected chi connectivity index (χ0v) is 12.8. The van der Waals surface area contributed by atoms with Crippen LogP contribution in [0.1, 0.15) is 58.3 Å². The van der Waals surface area contributed by atoms with Crippen molar-refractivity contribution in [3.63, 3.8) is 0 Å². The molecule has 2 aliphatic heterocycles. The van der Waals surface area contributed by atoms with Gasteiger partial charge in [-0.2, -0.15) is 0 Å². The third-order valence-electron chi connectivity index (χ3n) is 3.26. The minimum Gasteiger partial charge on any atom is -0.393 e. The van der Waals surface area contributed by atoms with Crippen molar-refractivity contribution in [3.8, 4) is 0 Å². The van der Waals surface area contributed by atoms with Gasteiger partial charge < -0.3 is 9.47 Å². The smallest absolute Gasteiger partial charge is 0.321 e. The number of hydrogen-bond acceptors (Lipinski definition) is 6. The summed E-state index contributed by atoms with van der Waals surface area (Å²) in [5.41, 5.74) is 0. The van der Waals surface area contributed by atoms with Gasteiger partial charge in [-0.1, -0.05) is 38.3 Å². The normalized spacial score (nSPS) is 20.9. The Morgan fingerprint density at radius 1 is 0.955 bits per heavy atom. The number of cyclic esters (lactones) is 4. The van der Waals surface area contributed by atoms with E-state index in [2.05, 4.69) is 16.4 Å². The third kappa shape index (κ3) is 7.15. The van der Waals surface area contributed by atoms with Crippen LogP contribution in [-0.4, -0.2) is 23.9 Å². The second kappa shape index (κ2) is 9.87. The lowest BCUT2D eigenvalue weighted by Crippen LogP contribution is -2.03. The minimum absolute atomic E-state index is 0.213. The highest BCUT2D eigenvalue weighted by Crippen LogP contribution is 2.17. The molecule has 1 atom stereocenters. The molecule has 0 amide bonds. The van der Waals surface area contributed by atoms with E-state index in [1.807, 2.05) is 6.08 Å². The highest BCUT2D eigenvalue weighted by atomic mass is 16.6. The molecule has 1 unspecified atom stereocenters. The molecule has 2 aliphatic rings. The predicted molar refractivity (Wildman–Crippen MR) is 77.4 cm³/mol. The van der Waals surface area contributed by atoms with E-state index in [0.29, 0.717) is 0 Å². The second-order valence-corrected chi connectivity index (χ2v) is 5.23. The van der Waals surface area contributed by atoms with E-state index >= 15 is 0 Å². The van der Waals surface area contributed by atoms with Gasteiger partial charge in [0.15, 0.2) is 0 Å². The molecule has 6 heteroatoms. The van der Waals surface area contributed by atoms with Crippen molar-refractivity contribution >= 4 is 23.9 Å². The van der Waals surface area contributed by atoms with Crippen LogP contribution in [0.4, 0.5) is 0 Å². The number of carbonyl (C=O) groups is 4. The second-order valence-electron chi connectivity index (χ2n) is 5.23. The fourth-order valence-corrected chi connectivity index (χ4v) is 2.02. The van der Waals surface area contributed by atoms with E-state index in [1.54, 1.807) is 6.08 Å². The lowest BCUT2D eigenvalue weighted by molar-refractivity contribution is -0.154. The fraction of sp³-hybridized carbons (Fsp3) is 0.625. The van der Waals surface area contributed by atoms with Gasteiger partial charge in [-0.05, 0) is 12.8 Å². The molecule has 0 spiro atoms. The van der Waals surface area contributed by atoms with Gasteiger partial charge in [-0.3, -0.25) is 19.2 Å². The predicted octanol–water partition coefficient (Wildman–Crippen LogP) is 2.45. The monoisotopic (exact) mass is 310 g/mol. The Bertz CT molecular complexity index is 438. The van der Waals surface area contributed by atoms with E-state index in [-0.39, 0.29) is 25.2 Å². The molecule has 0 aromatic rings. The van der Waals surface area contributed by atoms with Crippen LogP contribution in [0.2, 0.25) is 0 Å². The SMILES string of the molecule is CCCCCCC=CC1CC(=O)OC1=O.O=C1CCC(=O)O1. The van der Waals surface area contributed by atoms with Crippen LogP contribution in [0.5, 0.6) is 0 Å². The van der Waals surface area contributed by atoms with Gasteiger partial charge in [0.25, 0.3) is 0 Å². The van der Waals surface area contributed by atoms with Crippen molar-refractivity contribution in [1.82, 2.24) is 0 Å². The molecule has 22 heavy (non-hydrogen) atoms. The van der Waals surface area contributed by atoms with Gasteiger partial charge >= 0.3 is 23.9 Å². The van der Waals surface area contributed by atoms with Gasteiger partial charge in [0.1, 0.15) is 0 Å². The zero-order chi connectivity index (χ0) is 16.4. The number of carbonyl (C=O) groups excluding carboxylic acids is 4. The summed E-state index contributed by atoms with van der Waals surface area (Å²) in [5.74, 6) is -1.93. The number of rotatable bonds is 6.